The van der Waals surface area contributed by atoms with Crippen molar-refractivity contribution in [2.75, 3.05) is 5.75 Å². The summed E-state index contributed by atoms with van der Waals surface area (Å²) in [5.74, 6) is 1.63. The van der Waals surface area contributed by atoms with Crippen LogP contribution >= 0.6 is 11.8 Å². The normalized spacial score (nSPS) is 12.4. The highest BCUT2D eigenvalue weighted by molar-refractivity contribution is 7.99. The van der Waals surface area contributed by atoms with Gasteiger partial charge in [0, 0.05) is 12.5 Å². The standard InChI is InChI=1S/C17H24N4OS/c1-5-21-16(12(2)3)19-20-17(21)23-11-15(22)18-13(4)14-9-7-6-8-10-14/h6-10,12-13H,5,11H2,1-4H3,(H,18,22). The molecule has 0 aliphatic heterocycles. The van der Waals surface area contributed by atoms with Crippen LogP contribution in [0.1, 0.15) is 51.0 Å². The third-order valence-electron chi connectivity index (χ3n) is 3.59. The Morgan fingerprint density at radius 1 is 1.22 bits per heavy atom. The van der Waals surface area contributed by atoms with Crippen molar-refractivity contribution in [3.63, 3.8) is 0 Å². The molecule has 0 saturated heterocycles. The Morgan fingerprint density at radius 3 is 2.52 bits per heavy atom. The summed E-state index contributed by atoms with van der Waals surface area (Å²) in [5, 5.41) is 12.3. The molecule has 6 heteroatoms. The quantitative estimate of drug-likeness (QED) is 0.790. The molecule has 5 nitrogen and oxygen atoms in total. The average Bonchev–Trinajstić information content (AvgIpc) is 2.97. The van der Waals surface area contributed by atoms with Crippen LogP contribution in [0.3, 0.4) is 0 Å². The van der Waals surface area contributed by atoms with E-state index in [1.54, 1.807) is 0 Å². The van der Waals surface area contributed by atoms with Crippen LogP contribution in [0.2, 0.25) is 0 Å². The summed E-state index contributed by atoms with van der Waals surface area (Å²) in [5.41, 5.74) is 1.10. The van der Waals surface area contributed by atoms with Crippen LogP contribution in [0.4, 0.5) is 0 Å². The molecule has 23 heavy (non-hydrogen) atoms. The molecule has 0 aliphatic rings. The molecular formula is C17H24N4OS. The smallest absolute Gasteiger partial charge is 0.230 e. The Labute approximate surface area is 141 Å². The van der Waals surface area contributed by atoms with Crippen molar-refractivity contribution in [1.29, 1.82) is 0 Å². The number of aromatic nitrogens is 3. The second-order valence-corrected chi connectivity index (χ2v) is 6.67. The summed E-state index contributed by atoms with van der Waals surface area (Å²) in [6, 6.07) is 9.95. The van der Waals surface area contributed by atoms with Gasteiger partial charge in [0.1, 0.15) is 5.82 Å². The van der Waals surface area contributed by atoms with Crippen molar-refractivity contribution in [3.05, 3.63) is 41.7 Å². The molecule has 1 atom stereocenters. The fourth-order valence-corrected chi connectivity index (χ4v) is 3.19. The van der Waals surface area contributed by atoms with Crippen LogP contribution in [-0.2, 0) is 11.3 Å². The summed E-state index contributed by atoms with van der Waals surface area (Å²) in [6.45, 7) is 9.06. The first-order valence-electron chi connectivity index (χ1n) is 7.93. The molecule has 124 valence electrons. The number of nitrogens with one attached hydrogen (secondary N) is 1. The van der Waals surface area contributed by atoms with E-state index in [-0.39, 0.29) is 11.9 Å². The Morgan fingerprint density at radius 2 is 1.91 bits per heavy atom. The SMILES string of the molecule is CCn1c(SCC(=O)NC(C)c2ccccc2)nnc1C(C)C. The molecule has 0 radical (unpaired) electrons. The monoisotopic (exact) mass is 332 g/mol. The van der Waals surface area contributed by atoms with Gasteiger partial charge in [-0.3, -0.25) is 4.79 Å². The Hall–Kier alpha value is -1.82. The first-order chi connectivity index (χ1) is 11.0. The Bertz CT molecular complexity index is 639. The van der Waals surface area contributed by atoms with Gasteiger partial charge in [0.25, 0.3) is 0 Å². The summed E-state index contributed by atoms with van der Waals surface area (Å²) in [7, 11) is 0. The molecule has 0 fully saturated rings. The van der Waals surface area contributed by atoms with Gasteiger partial charge in [-0.05, 0) is 19.4 Å². The maximum absolute atomic E-state index is 12.2. The van der Waals surface area contributed by atoms with E-state index in [4.69, 9.17) is 0 Å². The number of nitrogens with zero attached hydrogens (tertiary/aromatic N) is 3. The van der Waals surface area contributed by atoms with E-state index in [2.05, 4.69) is 40.9 Å². The predicted molar refractivity (Wildman–Crippen MR) is 93.5 cm³/mol. The van der Waals surface area contributed by atoms with Crippen LogP contribution in [0.15, 0.2) is 35.5 Å². The van der Waals surface area contributed by atoms with Crippen molar-refractivity contribution in [2.45, 2.75) is 51.4 Å². The largest absolute Gasteiger partial charge is 0.349 e. The first-order valence-corrected chi connectivity index (χ1v) is 8.91. The van der Waals surface area contributed by atoms with E-state index in [9.17, 15) is 4.79 Å². The van der Waals surface area contributed by atoms with Crippen molar-refractivity contribution in [1.82, 2.24) is 20.1 Å². The van der Waals surface area contributed by atoms with Crippen LogP contribution in [-0.4, -0.2) is 26.4 Å². The fraction of sp³-hybridized carbons (Fsp3) is 0.471. The number of benzene rings is 1. The predicted octanol–water partition coefficient (Wildman–Crippen LogP) is 3.39. The lowest BCUT2D eigenvalue weighted by atomic mass is 10.1. The fourth-order valence-electron chi connectivity index (χ4n) is 2.37. The van der Waals surface area contributed by atoms with Gasteiger partial charge in [-0.25, -0.2) is 0 Å². The highest BCUT2D eigenvalue weighted by Crippen LogP contribution is 2.21. The molecule has 0 aliphatic carbocycles. The van der Waals surface area contributed by atoms with Crippen molar-refractivity contribution < 1.29 is 4.79 Å². The van der Waals surface area contributed by atoms with Gasteiger partial charge in [-0.1, -0.05) is 55.9 Å². The Kier molecular flexibility index (Phi) is 6.21. The van der Waals surface area contributed by atoms with Crippen LogP contribution in [0, 0.1) is 0 Å². The first kappa shape index (κ1) is 17.5. The maximum atomic E-state index is 12.2. The molecule has 1 unspecified atom stereocenters. The van der Waals surface area contributed by atoms with Crippen LogP contribution in [0.25, 0.3) is 0 Å². The minimum absolute atomic E-state index is 0.000398. The topological polar surface area (TPSA) is 59.8 Å². The van der Waals surface area contributed by atoms with Gasteiger partial charge in [-0.2, -0.15) is 0 Å². The molecule has 2 rings (SSSR count). The molecule has 1 aromatic heterocycles. The zero-order valence-electron chi connectivity index (χ0n) is 14.1. The molecule has 1 amide bonds. The third kappa shape index (κ3) is 4.58. The molecule has 0 bridgehead atoms. The number of hydrogen-bond donors (Lipinski definition) is 1. The minimum atomic E-state index is -0.000398. The van der Waals surface area contributed by atoms with Gasteiger partial charge < -0.3 is 9.88 Å². The summed E-state index contributed by atoms with van der Waals surface area (Å²) in [4.78, 5) is 12.2. The number of hydrogen-bond acceptors (Lipinski definition) is 4. The highest BCUT2D eigenvalue weighted by Gasteiger charge is 2.16. The van der Waals surface area contributed by atoms with E-state index < -0.39 is 0 Å². The van der Waals surface area contributed by atoms with Crippen LogP contribution in [0.5, 0.6) is 0 Å². The average molecular weight is 332 g/mol. The van der Waals surface area contributed by atoms with Gasteiger partial charge >= 0.3 is 0 Å². The molecule has 0 spiro atoms. The molecule has 0 saturated carbocycles. The number of carbonyl (C=O) groups excluding carboxylic acids is 1. The van der Waals surface area contributed by atoms with E-state index in [1.165, 1.54) is 11.8 Å². The lowest BCUT2D eigenvalue weighted by molar-refractivity contribution is -0.119. The molecular weight excluding hydrogens is 308 g/mol. The zero-order valence-corrected chi connectivity index (χ0v) is 14.9. The van der Waals surface area contributed by atoms with Gasteiger partial charge in [-0.15, -0.1) is 10.2 Å². The van der Waals surface area contributed by atoms with Gasteiger partial charge in [0.15, 0.2) is 5.16 Å². The van der Waals surface area contributed by atoms with E-state index in [0.717, 1.165) is 23.1 Å². The summed E-state index contributed by atoms with van der Waals surface area (Å²) in [6.07, 6.45) is 0. The van der Waals surface area contributed by atoms with Gasteiger partial charge in [0.05, 0.1) is 11.8 Å². The number of carbonyl (C=O) groups is 1. The maximum Gasteiger partial charge on any atom is 0.230 e. The van der Waals surface area contributed by atoms with Crippen LogP contribution < -0.4 is 5.32 Å². The molecule has 1 N–H and O–H groups in total. The van der Waals surface area contributed by atoms with Crippen molar-refractivity contribution >= 4 is 17.7 Å². The molecule has 1 heterocycles. The van der Waals surface area contributed by atoms with Crippen molar-refractivity contribution in [3.8, 4) is 0 Å². The highest BCUT2D eigenvalue weighted by atomic mass is 32.2. The number of thioether (sulfide) groups is 1. The molecule has 2 aromatic rings. The number of rotatable bonds is 7. The van der Waals surface area contributed by atoms with E-state index in [0.29, 0.717) is 11.7 Å². The second kappa shape index (κ2) is 8.15. The van der Waals surface area contributed by atoms with Gasteiger partial charge in [0.2, 0.25) is 5.91 Å². The number of amides is 1. The second-order valence-electron chi connectivity index (χ2n) is 5.73. The lowest BCUT2D eigenvalue weighted by Gasteiger charge is -2.14. The third-order valence-corrected chi connectivity index (χ3v) is 4.55. The lowest BCUT2D eigenvalue weighted by Crippen LogP contribution is -2.28. The van der Waals surface area contributed by atoms with E-state index in [1.807, 2.05) is 37.3 Å². The zero-order chi connectivity index (χ0) is 16.8. The van der Waals surface area contributed by atoms with E-state index >= 15 is 0 Å². The Balaban J connectivity index is 1.92. The summed E-state index contributed by atoms with van der Waals surface area (Å²) >= 11 is 1.43. The summed E-state index contributed by atoms with van der Waals surface area (Å²) < 4.78 is 2.07. The van der Waals surface area contributed by atoms with Crippen molar-refractivity contribution in [2.24, 2.45) is 0 Å². The minimum Gasteiger partial charge on any atom is -0.349 e. The molecule has 1 aromatic carbocycles.